The maximum atomic E-state index is 3.09. The molecule has 0 aliphatic carbocycles. The lowest BCUT2D eigenvalue weighted by molar-refractivity contribution is -0.0784. The molecule has 0 unspecified atom stereocenters. The molecule has 0 radical (unpaired) electrons. The van der Waals surface area contributed by atoms with Crippen LogP contribution in [0.3, 0.4) is 0 Å². The van der Waals surface area contributed by atoms with E-state index in [-0.39, 0.29) is 16.6 Å². The van der Waals surface area contributed by atoms with Crippen LogP contribution in [0.5, 0.6) is 0 Å². The van der Waals surface area contributed by atoms with Crippen LogP contribution in [0.4, 0.5) is 0 Å². The quantitative estimate of drug-likeness (QED) is 0.0549. The Bertz CT molecular complexity index is 894. The molecule has 0 bridgehead atoms. The van der Waals surface area contributed by atoms with Crippen molar-refractivity contribution in [3.63, 3.8) is 0 Å². The summed E-state index contributed by atoms with van der Waals surface area (Å²) in [7, 11) is 0. The third-order valence-corrected chi connectivity index (χ3v) is 18.0. The Balaban J connectivity index is 4.63. The van der Waals surface area contributed by atoms with E-state index in [1.807, 2.05) is 0 Å². The largest absolute Gasteiger partial charge is 0.288 e. The Labute approximate surface area is 466 Å². The molecule has 0 heterocycles. The second kappa shape index (κ2) is 55.3. The van der Waals surface area contributed by atoms with E-state index in [0.717, 1.165) is 0 Å². The van der Waals surface area contributed by atoms with Crippen molar-refractivity contribution < 1.29 is 0 Å². The topological polar surface area (TPSA) is 3.24 Å². The summed E-state index contributed by atoms with van der Waals surface area (Å²) in [5.41, 5.74) is 0.677. The van der Waals surface area contributed by atoms with Crippen LogP contribution in [0.15, 0.2) is 0 Å². The van der Waals surface area contributed by atoms with Crippen molar-refractivity contribution in [3.8, 4) is 0 Å². The summed E-state index contributed by atoms with van der Waals surface area (Å²) in [6.45, 7) is 22.8. The molecule has 0 N–H and O–H groups in total. The summed E-state index contributed by atoms with van der Waals surface area (Å²) in [5.74, 6) is 0. The fraction of sp³-hybridized carbons (Fsp3) is 1.00. The summed E-state index contributed by atoms with van der Waals surface area (Å²) in [5, 5.41) is 0. The van der Waals surface area contributed by atoms with Crippen LogP contribution in [-0.2, 0) is 0 Å². The Kier molecular flexibility index (Phi) is 55.3. The van der Waals surface area contributed by atoms with Gasteiger partial charge in [0.2, 0.25) is 0 Å². The van der Waals surface area contributed by atoms with Crippen molar-refractivity contribution in [2.75, 3.05) is 0 Å². The second-order valence-electron chi connectivity index (χ2n) is 27.1. The van der Waals surface area contributed by atoms with E-state index >= 15 is 0 Å². The molecule has 0 rings (SSSR count). The molecule has 73 heavy (non-hydrogen) atoms. The van der Waals surface area contributed by atoms with E-state index in [0.29, 0.717) is 0 Å². The van der Waals surface area contributed by atoms with Gasteiger partial charge in [-0.15, -0.1) is 0 Å². The predicted molar refractivity (Wildman–Crippen MR) is 338 cm³/mol. The minimum Gasteiger partial charge on any atom is -0.288 e. The van der Waals surface area contributed by atoms with Crippen LogP contribution in [0.1, 0.15) is 448 Å². The molecule has 0 atom stereocenters. The fourth-order valence-electron chi connectivity index (χ4n) is 13.7. The van der Waals surface area contributed by atoms with E-state index in [9.17, 15) is 0 Å². The van der Waals surface area contributed by atoms with Gasteiger partial charge in [0.05, 0.1) is 0 Å². The van der Waals surface area contributed by atoms with Gasteiger partial charge in [-0.25, -0.2) is 0 Å². The molecule has 0 saturated carbocycles. The standard InChI is InChI=1S/C72H147N/c1-10-13-16-19-22-25-28-31-34-37-40-43-46-49-52-55-58-61-64-67-70(4,5)73(71(6,7)68-65-62-59-56-53-50-47-44-41-38-35-32-29-26-23-20-17-14-11-2)72(8,9)69-66-63-60-57-54-51-48-45-42-39-36-33-30-27-24-21-18-15-12-3/h10-69H2,1-9H3. The average Bonchev–Trinajstić information content (AvgIpc) is 3.35. The van der Waals surface area contributed by atoms with E-state index in [2.05, 4.69) is 67.2 Å². The summed E-state index contributed by atoms with van der Waals surface area (Å²) >= 11 is 0. The molecule has 0 aliphatic heterocycles. The lowest BCUT2D eigenvalue weighted by Crippen LogP contribution is -2.64. The predicted octanol–water partition coefficient (Wildman–Crippen LogP) is 27.1. The number of hydrogen-bond acceptors (Lipinski definition) is 1. The molecule has 0 aromatic rings. The van der Waals surface area contributed by atoms with Crippen molar-refractivity contribution in [1.29, 1.82) is 0 Å². The van der Waals surface area contributed by atoms with E-state index in [1.165, 1.54) is 385 Å². The zero-order valence-corrected chi connectivity index (χ0v) is 53.4. The van der Waals surface area contributed by atoms with E-state index in [1.54, 1.807) is 0 Å². The molecule has 440 valence electrons. The monoisotopic (exact) mass is 1030 g/mol. The lowest BCUT2D eigenvalue weighted by Gasteiger charge is -2.57. The molecule has 0 spiro atoms. The first-order valence-electron chi connectivity index (χ1n) is 35.4. The molecule has 0 aromatic carbocycles. The van der Waals surface area contributed by atoms with Crippen LogP contribution in [0.2, 0.25) is 0 Å². The minimum atomic E-state index is 0.226. The molecular weight excluding hydrogens is 879 g/mol. The maximum Gasteiger partial charge on any atom is 0.0163 e. The second-order valence-corrected chi connectivity index (χ2v) is 27.1. The van der Waals surface area contributed by atoms with Crippen LogP contribution in [0.25, 0.3) is 0 Å². The Hall–Kier alpha value is -0.0400. The van der Waals surface area contributed by atoms with Gasteiger partial charge in [-0.3, -0.25) is 4.90 Å². The molecule has 1 heteroatoms. The minimum absolute atomic E-state index is 0.226. The zero-order chi connectivity index (χ0) is 53.5. The van der Waals surface area contributed by atoms with Gasteiger partial charge in [0, 0.05) is 16.6 Å². The number of hydrogen-bond donors (Lipinski definition) is 0. The van der Waals surface area contributed by atoms with Gasteiger partial charge in [0.25, 0.3) is 0 Å². The summed E-state index contributed by atoms with van der Waals surface area (Å²) in [6.07, 6.45) is 87.2. The van der Waals surface area contributed by atoms with Crippen molar-refractivity contribution in [3.05, 3.63) is 0 Å². The Morgan fingerprint density at radius 3 is 0.356 bits per heavy atom. The van der Waals surface area contributed by atoms with Gasteiger partial charge in [0.15, 0.2) is 0 Å². The molecule has 0 aliphatic rings. The SMILES string of the molecule is CCCCCCCCCCCCCCCCCCCCCC(C)(C)N(C(C)(C)CCCCCCCCCCCCCCCCCCCCC)C(C)(C)CCCCCCCCCCCCCCCCCCCCC. The van der Waals surface area contributed by atoms with Crippen molar-refractivity contribution in [1.82, 2.24) is 4.90 Å². The van der Waals surface area contributed by atoms with Crippen molar-refractivity contribution in [2.45, 2.75) is 464 Å². The zero-order valence-electron chi connectivity index (χ0n) is 53.4. The highest BCUT2D eigenvalue weighted by molar-refractivity contribution is 5.00. The van der Waals surface area contributed by atoms with Gasteiger partial charge in [-0.1, -0.05) is 387 Å². The van der Waals surface area contributed by atoms with Gasteiger partial charge in [-0.2, -0.15) is 0 Å². The van der Waals surface area contributed by atoms with Crippen LogP contribution >= 0.6 is 0 Å². The van der Waals surface area contributed by atoms with Gasteiger partial charge in [-0.05, 0) is 60.8 Å². The highest BCUT2D eigenvalue weighted by atomic mass is 15.3. The van der Waals surface area contributed by atoms with Crippen molar-refractivity contribution in [2.24, 2.45) is 0 Å². The van der Waals surface area contributed by atoms with Gasteiger partial charge >= 0.3 is 0 Å². The molecule has 0 saturated heterocycles. The summed E-state index contributed by atoms with van der Waals surface area (Å²) in [6, 6.07) is 0. The smallest absolute Gasteiger partial charge is 0.0163 e. The number of nitrogens with zero attached hydrogens (tertiary/aromatic N) is 1. The molecule has 0 aromatic heterocycles. The Morgan fingerprint density at radius 2 is 0.247 bits per heavy atom. The third-order valence-electron chi connectivity index (χ3n) is 18.0. The van der Waals surface area contributed by atoms with Gasteiger partial charge in [0.1, 0.15) is 0 Å². The average molecular weight is 1030 g/mol. The van der Waals surface area contributed by atoms with Crippen LogP contribution < -0.4 is 0 Å². The third kappa shape index (κ3) is 50.0. The number of rotatable bonds is 63. The number of unbranched alkanes of at least 4 members (excludes halogenated alkanes) is 54. The van der Waals surface area contributed by atoms with E-state index in [4.69, 9.17) is 0 Å². The fourth-order valence-corrected chi connectivity index (χ4v) is 13.7. The summed E-state index contributed by atoms with van der Waals surface area (Å²) in [4.78, 5) is 3.09. The van der Waals surface area contributed by atoms with Crippen LogP contribution in [-0.4, -0.2) is 21.5 Å². The highest BCUT2D eigenvalue weighted by Gasteiger charge is 2.45. The first kappa shape index (κ1) is 73.0. The lowest BCUT2D eigenvalue weighted by atomic mass is 9.78. The molecule has 0 fully saturated rings. The maximum absolute atomic E-state index is 3.09. The van der Waals surface area contributed by atoms with E-state index < -0.39 is 0 Å². The molecular formula is C72H147N. The Morgan fingerprint density at radius 1 is 0.151 bits per heavy atom. The first-order chi connectivity index (χ1) is 35.5. The van der Waals surface area contributed by atoms with Crippen LogP contribution in [0, 0.1) is 0 Å². The summed E-state index contributed by atoms with van der Waals surface area (Å²) < 4.78 is 0. The van der Waals surface area contributed by atoms with Crippen molar-refractivity contribution >= 4 is 0 Å². The first-order valence-corrected chi connectivity index (χ1v) is 35.4. The molecule has 1 nitrogen and oxygen atoms in total. The highest BCUT2D eigenvalue weighted by Crippen LogP contribution is 2.41. The normalized spacial score (nSPS) is 12.6. The molecule has 0 amide bonds. The van der Waals surface area contributed by atoms with Gasteiger partial charge < -0.3 is 0 Å².